The van der Waals surface area contributed by atoms with Gasteiger partial charge in [-0.2, -0.15) is 0 Å². The maximum Gasteiger partial charge on any atom is 0.340 e. The fraction of sp³-hybridized carbons (Fsp3) is 0.654. The van der Waals surface area contributed by atoms with Crippen molar-refractivity contribution in [3.05, 3.63) is 27.4 Å². The number of aromatic nitrogens is 1. The number of carbonyl (C=O) groups excluding carboxylic acids is 1. The van der Waals surface area contributed by atoms with Gasteiger partial charge in [-0.25, -0.2) is 4.79 Å². The highest BCUT2D eigenvalue weighted by atomic mass is 79.9. The number of rotatable bonds is 7. The van der Waals surface area contributed by atoms with Crippen molar-refractivity contribution in [2.24, 2.45) is 0 Å². The summed E-state index contributed by atoms with van der Waals surface area (Å²) in [6.07, 6.45) is 5.88. The fourth-order valence-corrected chi connectivity index (χ4v) is 5.27. The molecule has 0 unspecified atom stereocenters. The number of benzene rings is 1. The largest absolute Gasteiger partial charge is 0.477 e. The number of esters is 1. The number of carbonyl (C=O) groups is 1. The normalized spacial score (nSPS) is 16.3. The van der Waals surface area contributed by atoms with Crippen LogP contribution in [-0.2, 0) is 24.4 Å². The molecule has 4 rings (SSSR count). The molecular weight excluding hydrogens is 482 g/mol. The Hall–Kier alpha value is -1.57. The number of aryl methyl sites for hydroxylation is 1. The lowest BCUT2D eigenvalue weighted by Crippen LogP contribution is -2.28. The topological polar surface area (TPSA) is 46.9 Å². The quantitative estimate of drug-likeness (QED) is 0.407. The average molecular weight is 523 g/mol. The van der Waals surface area contributed by atoms with Crippen molar-refractivity contribution in [2.45, 2.75) is 79.4 Å². The molecule has 2 aliphatic heterocycles. The number of halogens is 1. The minimum Gasteiger partial charge on any atom is -0.477 e. The number of fused-ring (bicyclic) bond motifs is 3. The summed E-state index contributed by atoms with van der Waals surface area (Å²) in [5.74, 6) is 0.635. The second kappa shape index (κ2) is 12.2. The Balaban J connectivity index is 0.000000968. The molecule has 0 amide bonds. The van der Waals surface area contributed by atoms with Crippen molar-refractivity contribution in [1.29, 1.82) is 0 Å². The molecule has 1 aromatic heterocycles. The molecule has 6 nitrogen and oxygen atoms in total. The Morgan fingerprint density at radius 1 is 1.18 bits per heavy atom. The van der Waals surface area contributed by atoms with Crippen LogP contribution in [0.3, 0.4) is 0 Å². The van der Waals surface area contributed by atoms with Crippen LogP contribution < -0.4 is 4.74 Å². The Labute approximate surface area is 207 Å². The van der Waals surface area contributed by atoms with Gasteiger partial charge in [0.1, 0.15) is 12.5 Å². The zero-order valence-electron chi connectivity index (χ0n) is 21.0. The van der Waals surface area contributed by atoms with Crippen molar-refractivity contribution in [2.75, 3.05) is 33.5 Å². The zero-order valence-corrected chi connectivity index (χ0v) is 22.6. The summed E-state index contributed by atoms with van der Waals surface area (Å²) >= 11 is 3.73. The number of ether oxygens (including phenoxy) is 2. The Bertz CT molecular complexity index is 950. The highest BCUT2D eigenvalue weighted by Gasteiger charge is 2.31. The van der Waals surface area contributed by atoms with Gasteiger partial charge in [-0.05, 0) is 68.3 Å². The molecule has 0 saturated carbocycles. The SMILES string of the molecule is CCC.CCCCn1c(CN2CCCC2)c(C(=O)OCC)c2c3c(c(Br)cc21)OCN(C)C3. The maximum absolute atomic E-state index is 13.3. The van der Waals surface area contributed by atoms with Crippen LogP contribution in [0.25, 0.3) is 10.9 Å². The predicted molar refractivity (Wildman–Crippen MR) is 138 cm³/mol. The maximum atomic E-state index is 13.3. The van der Waals surface area contributed by atoms with Crippen LogP contribution in [0.15, 0.2) is 10.5 Å². The molecule has 0 aliphatic carbocycles. The van der Waals surface area contributed by atoms with Gasteiger partial charge in [0.2, 0.25) is 0 Å². The van der Waals surface area contributed by atoms with Crippen LogP contribution in [0.5, 0.6) is 5.75 Å². The third-order valence-electron chi connectivity index (χ3n) is 6.11. The van der Waals surface area contributed by atoms with E-state index >= 15 is 0 Å². The van der Waals surface area contributed by atoms with Crippen LogP contribution >= 0.6 is 15.9 Å². The minimum absolute atomic E-state index is 0.218. The molecule has 0 radical (unpaired) electrons. The third kappa shape index (κ3) is 5.75. The molecule has 7 heteroatoms. The van der Waals surface area contributed by atoms with Crippen molar-refractivity contribution in [3.8, 4) is 5.75 Å². The molecule has 0 spiro atoms. The number of unbranched alkanes of at least 4 members (excludes halogenated alkanes) is 1. The summed E-state index contributed by atoms with van der Waals surface area (Å²) in [4.78, 5) is 17.9. The van der Waals surface area contributed by atoms with Crippen LogP contribution in [0, 0.1) is 0 Å². The molecular formula is C26H40BrN3O3. The van der Waals surface area contributed by atoms with Gasteiger partial charge in [0, 0.05) is 36.3 Å². The first kappa shape index (κ1) is 26.0. The summed E-state index contributed by atoms with van der Waals surface area (Å²) < 4.78 is 14.9. The van der Waals surface area contributed by atoms with Crippen molar-refractivity contribution in [1.82, 2.24) is 14.4 Å². The number of hydrogen-bond donors (Lipinski definition) is 0. The molecule has 0 N–H and O–H groups in total. The van der Waals surface area contributed by atoms with Gasteiger partial charge in [0.05, 0.1) is 22.2 Å². The molecule has 1 aromatic carbocycles. The first-order valence-corrected chi connectivity index (χ1v) is 13.3. The summed E-state index contributed by atoms with van der Waals surface area (Å²) in [7, 11) is 2.04. The number of nitrogens with zero attached hydrogens (tertiary/aromatic N) is 3. The summed E-state index contributed by atoms with van der Waals surface area (Å²) in [5, 5.41) is 1.00. The van der Waals surface area contributed by atoms with E-state index in [0.717, 1.165) is 83.5 Å². The van der Waals surface area contributed by atoms with E-state index in [1.54, 1.807) is 0 Å². The van der Waals surface area contributed by atoms with E-state index in [-0.39, 0.29) is 5.97 Å². The standard InChI is InChI=1S/C23H32BrN3O3.C3H8/c1-4-6-11-27-18-12-17(24)22-16(13-25(3)15-30-22)20(18)21(23(28)29-5-2)19(27)14-26-9-7-8-10-26;1-3-2/h12H,4-11,13-15H2,1-3H3;3H2,1-2H3. The monoisotopic (exact) mass is 521 g/mol. The van der Waals surface area contributed by atoms with Crippen molar-refractivity contribution >= 4 is 32.8 Å². The molecule has 184 valence electrons. The first-order valence-electron chi connectivity index (χ1n) is 12.5. The van der Waals surface area contributed by atoms with Gasteiger partial charge >= 0.3 is 5.97 Å². The van der Waals surface area contributed by atoms with E-state index in [1.807, 2.05) is 14.0 Å². The van der Waals surface area contributed by atoms with Gasteiger partial charge in [0.15, 0.2) is 0 Å². The Kier molecular flexibility index (Phi) is 9.65. The van der Waals surface area contributed by atoms with Gasteiger partial charge in [0.25, 0.3) is 0 Å². The first-order chi connectivity index (χ1) is 16.0. The predicted octanol–water partition coefficient (Wildman–Crippen LogP) is 6.17. The number of hydrogen-bond acceptors (Lipinski definition) is 5. The smallest absolute Gasteiger partial charge is 0.340 e. The van der Waals surface area contributed by atoms with E-state index in [1.165, 1.54) is 19.3 Å². The molecule has 0 atom stereocenters. The van der Waals surface area contributed by atoms with Gasteiger partial charge in [-0.1, -0.05) is 33.6 Å². The second-order valence-corrected chi connectivity index (χ2v) is 9.94. The van der Waals surface area contributed by atoms with Gasteiger partial charge in [-0.15, -0.1) is 0 Å². The van der Waals surface area contributed by atoms with Crippen molar-refractivity contribution in [3.63, 3.8) is 0 Å². The number of likely N-dealkylation sites (tertiary alicyclic amines) is 1. The van der Waals surface area contributed by atoms with Crippen LogP contribution in [0.4, 0.5) is 0 Å². The van der Waals surface area contributed by atoms with E-state index in [2.05, 4.69) is 57.1 Å². The Morgan fingerprint density at radius 3 is 2.52 bits per heavy atom. The molecule has 3 heterocycles. The highest BCUT2D eigenvalue weighted by molar-refractivity contribution is 9.10. The average Bonchev–Trinajstić information content (AvgIpc) is 3.39. The lowest BCUT2D eigenvalue weighted by molar-refractivity contribution is 0.0525. The van der Waals surface area contributed by atoms with Crippen LogP contribution in [0.2, 0.25) is 0 Å². The van der Waals surface area contributed by atoms with Gasteiger partial charge in [-0.3, -0.25) is 9.80 Å². The van der Waals surface area contributed by atoms with E-state index in [4.69, 9.17) is 9.47 Å². The lowest BCUT2D eigenvalue weighted by Gasteiger charge is -2.27. The molecule has 2 aromatic rings. The van der Waals surface area contributed by atoms with E-state index < -0.39 is 0 Å². The summed E-state index contributed by atoms with van der Waals surface area (Å²) in [5.41, 5.74) is 4.00. The van der Waals surface area contributed by atoms with Gasteiger partial charge < -0.3 is 14.0 Å². The highest BCUT2D eigenvalue weighted by Crippen LogP contribution is 2.42. The molecule has 1 fully saturated rings. The molecule has 1 saturated heterocycles. The van der Waals surface area contributed by atoms with Crippen LogP contribution in [-0.4, -0.2) is 53.8 Å². The van der Waals surface area contributed by atoms with Crippen molar-refractivity contribution < 1.29 is 14.3 Å². The van der Waals surface area contributed by atoms with Crippen LogP contribution in [0.1, 0.15) is 81.4 Å². The molecule has 33 heavy (non-hydrogen) atoms. The summed E-state index contributed by atoms with van der Waals surface area (Å²) in [6, 6.07) is 2.13. The summed E-state index contributed by atoms with van der Waals surface area (Å²) in [6.45, 7) is 13.9. The van der Waals surface area contributed by atoms with E-state index in [0.29, 0.717) is 13.3 Å². The minimum atomic E-state index is -0.218. The molecule has 0 bridgehead atoms. The second-order valence-electron chi connectivity index (χ2n) is 9.09. The molecule has 2 aliphatic rings. The fourth-order valence-electron chi connectivity index (χ4n) is 4.70. The zero-order chi connectivity index (χ0) is 24.0. The van der Waals surface area contributed by atoms with E-state index in [9.17, 15) is 4.79 Å². The Morgan fingerprint density at radius 2 is 1.88 bits per heavy atom. The lowest BCUT2D eigenvalue weighted by atomic mass is 10.0. The third-order valence-corrected chi connectivity index (χ3v) is 6.70.